The second kappa shape index (κ2) is 9.11. The van der Waals surface area contributed by atoms with Gasteiger partial charge in [0, 0.05) is 11.6 Å². The van der Waals surface area contributed by atoms with Crippen molar-refractivity contribution in [3.8, 4) is 5.75 Å². The maximum absolute atomic E-state index is 12.9. The molecule has 1 aromatic heterocycles. The molecule has 0 saturated carbocycles. The summed E-state index contributed by atoms with van der Waals surface area (Å²) in [5.41, 5.74) is 1.09. The Hall–Kier alpha value is -3.50. The summed E-state index contributed by atoms with van der Waals surface area (Å²) in [6, 6.07) is 11.6. The third-order valence-electron chi connectivity index (χ3n) is 4.71. The van der Waals surface area contributed by atoms with Crippen LogP contribution in [0.2, 0.25) is 0 Å². The number of hydrogen-bond donors (Lipinski definition) is 2. The number of amides is 1. The summed E-state index contributed by atoms with van der Waals surface area (Å²) in [7, 11) is -2.54. The normalized spacial score (nSPS) is 12.3. The molecule has 9 nitrogen and oxygen atoms in total. The van der Waals surface area contributed by atoms with Gasteiger partial charge in [-0.2, -0.15) is 0 Å². The van der Waals surface area contributed by atoms with Crippen LogP contribution in [-0.2, 0) is 20.4 Å². The zero-order valence-corrected chi connectivity index (χ0v) is 17.3. The Bertz CT molecular complexity index is 1230. The van der Waals surface area contributed by atoms with Crippen LogP contribution in [0.4, 0.5) is 0 Å². The first-order chi connectivity index (χ1) is 14.7. The van der Waals surface area contributed by atoms with E-state index >= 15 is 0 Å². The Kier molecular flexibility index (Phi) is 6.52. The number of aromatic carboxylic acids is 1. The fourth-order valence-electron chi connectivity index (χ4n) is 3.25. The van der Waals surface area contributed by atoms with Gasteiger partial charge in [-0.25, -0.2) is 18.3 Å². The van der Waals surface area contributed by atoms with Gasteiger partial charge in [-0.05, 0) is 35.4 Å². The summed E-state index contributed by atoms with van der Waals surface area (Å²) in [6.45, 7) is 0. The number of carbonyl (C=O) groups is 2. The smallest absolute Gasteiger partial charge is 0.339 e. The highest BCUT2D eigenvalue weighted by Crippen LogP contribution is 2.28. The second-order valence-electron chi connectivity index (χ2n) is 6.86. The first kappa shape index (κ1) is 22.2. The Morgan fingerprint density at radius 3 is 2.65 bits per heavy atom. The number of fused-ring (bicyclic) bond motifs is 1. The van der Waals surface area contributed by atoms with E-state index in [0.29, 0.717) is 5.56 Å². The van der Waals surface area contributed by atoms with E-state index in [4.69, 9.17) is 4.74 Å². The predicted molar refractivity (Wildman–Crippen MR) is 112 cm³/mol. The van der Waals surface area contributed by atoms with Gasteiger partial charge in [-0.3, -0.25) is 15.0 Å². The van der Waals surface area contributed by atoms with Crippen molar-refractivity contribution >= 4 is 33.1 Å². The van der Waals surface area contributed by atoms with E-state index in [-0.39, 0.29) is 34.1 Å². The molecular weight excluding hydrogens is 424 g/mol. The predicted octanol–water partition coefficient (Wildman–Crippen LogP) is 2.45. The average molecular weight is 444 g/mol. The Labute approximate surface area is 178 Å². The van der Waals surface area contributed by atoms with Gasteiger partial charge >= 0.3 is 5.97 Å². The Morgan fingerprint density at radius 2 is 1.97 bits per heavy atom. The van der Waals surface area contributed by atoms with Gasteiger partial charge in [0.1, 0.15) is 11.3 Å². The molecule has 0 fully saturated rings. The first-order valence-electron chi connectivity index (χ1n) is 9.12. The Morgan fingerprint density at radius 1 is 1.23 bits per heavy atom. The van der Waals surface area contributed by atoms with Crippen LogP contribution in [0.25, 0.3) is 10.9 Å². The maximum Gasteiger partial charge on any atom is 0.339 e. The third kappa shape index (κ3) is 5.16. The highest BCUT2D eigenvalue weighted by molar-refractivity contribution is 7.90. The van der Waals surface area contributed by atoms with Gasteiger partial charge in [0.05, 0.1) is 30.2 Å². The minimum atomic E-state index is -3.83. The van der Waals surface area contributed by atoms with Crippen LogP contribution in [-0.4, -0.2) is 54.0 Å². The molecule has 1 amide bonds. The lowest BCUT2D eigenvalue weighted by molar-refractivity contribution is -0.158. The van der Waals surface area contributed by atoms with Gasteiger partial charge in [-0.1, -0.05) is 24.3 Å². The molecule has 0 saturated heterocycles. The highest BCUT2D eigenvalue weighted by atomic mass is 32.2. The number of pyridine rings is 1. The number of rotatable bonds is 9. The number of hydrogen-bond acceptors (Lipinski definition) is 7. The first-order valence-corrected chi connectivity index (χ1v) is 10.9. The van der Waals surface area contributed by atoms with Crippen LogP contribution < -0.4 is 4.74 Å². The summed E-state index contributed by atoms with van der Waals surface area (Å²) in [5, 5.41) is 20.4. The van der Waals surface area contributed by atoms with Crippen molar-refractivity contribution in [2.45, 2.75) is 11.8 Å². The quantitative estimate of drug-likeness (QED) is 0.292. The standard InChI is InChI=1S/C21H20N2O7S/c1-30-20-7-6-16(9-17(20)21(25)26)19(23(27)13-24)12-31(28,29)11-14-8-15-4-2-3-5-18(15)22-10-14/h2-10,13,19,27H,11-12H2,1H3,(H,25,26)/t19-/m1/s1. The molecule has 0 aliphatic carbocycles. The lowest BCUT2D eigenvalue weighted by Crippen LogP contribution is -2.30. The van der Waals surface area contributed by atoms with E-state index in [9.17, 15) is 28.3 Å². The summed E-state index contributed by atoms with van der Waals surface area (Å²) in [4.78, 5) is 26.9. The molecule has 0 unspecified atom stereocenters. The van der Waals surface area contributed by atoms with Gasteiger partial charge in [0.2, 0.25) is 6.41 Å². The number of aromatic nitrogens is 1. The van der Waals surface area contributed by atoms with Gasteiger partial charge in [-0.15, -0.1) is 0 Å². The molecule has 0 aliphatic heterocycles. The van der Waals surface area contributed by atoms with E-state index in [2.05, 4.69) is 4.98 Å². The van der Waals surface area contributed by atoms with Crippen LogP contribution in [0.1, 0.15) is 27.5 Å². The average Bonchev–Trinajstić information content (AvgIpc) is 2.76. The number of methoxy groups -OCH3 is 1. The van der Waals surface area contributed by atoms with E-state index < -0.39 is 27.6 Å². The molecule has 3 rings (SSSR count). The molecule has 162 valence electrons. The number of hydroxylamine groups is 2. The van der Waals surface area contributed by atoms with Crippen molar-refractivity contribution in [1.29, 1.82) is 0 Å². The van der Waals surface area contributed by atoms with E-state index in [1.54, 1.807) is 12.1 Å². The number of nitrogens with zero attached hydrogens (tertiary/aromatic N) is 2. The molecule has 1 atom stereocenters. The monoisotopic (exact) mass is 444 g/mol. The second-order valence-corrected chi connectivity index (χ2v) is 8.97. The molecule has 0 spiro atoms. The number of carboxylic acids is 1. The van der Waals surface area contributed by atoms with Crippen LogP contribution in [0.5, 0.6) is 5.75 Å². The molecule has 10 heteroatoms. The molecule has 2 N–H and O–H groups in total. The van der Waals surface area contributed by atoms with Crippen molar-refractivity contribution in [2.75, 3.05) is 12.9 Å². The lowest BCUT2D eigenvalue weighted by Gasteiger charge is -2.23. The maximum atomic E-state index is 12.9. The van der Waals surface area contributed by atoms with Gasteiger partial charge in [0.25, 0.3) is 0 Å². The minimum absolute atomic E-state index is 0.0655. The molecule has 3 aromatic rings. The number of para-hydroxylation sites is 1. The molecule has 31 heavy (non-hydrogen) atoms. The van der Waals surface area contributed by atoms with Gasteiger partial charge in [0.15, 0.2) is 9.84 Å². The topological polar surface area (TPSA) is 134 Å². The van der Waals surface area contributed by atoms with Crippen LogP contribution in [0, 0.1) is 0 Å². The summed E-state index contributed by atoms with van der Waals surface area (Å²) >= 11 is 0. The van der Waals surface area contributed by atoms with Crippen LogP contribution in [0.15, 0.2) is 54.7 Å². The van der Waals surface area contributed by atoms with E-state index in [1.807, 2.05) is 18.2 Å². The summed E-state index contributed by atoms with van der Waals surface area (Å²) in [5.74, 6) is -2.22. The van der Waals surface area contributed by atoms with Crippen molar-refractivity contribution in [1.82, 2.24) is 10.0 Å². The number of sulfone groups is 1. The Balaban J connectivity index is 1.91. The number of ether oxygens (including phenoxy) is 1. The summed E-state index contributed by atoms with van der Waals surface area (Å²) < 4.78 is 30.7. The zero-order valence-electron chi connectivity index (χ0n) is 16.5. The molecule has 2 aromatic carbocycles. The summed E-state index contributed by atoms with van der Waals surface area (Å²) in [6.07, 6.45) is 1.53. The molecular formula is C21H20N2O7S. The third-order valence-corrected chi connectivity index (χ3v) is 6.31. The molecule has 1 heterocycles. The van der Waals surface area contributed by atoms with Crippen LogP contribution in [0.3, 0.4) is 0 Å². The zero-order chi connectivity index (χ0) is 22.6. The highest BCUT2D eigenvalue weighted by Gasteiger charge is 2.27. The minimum Gasteiger partial charge on any atom is -0.496 e. The fourth-order valence-corrected chi connectivity index (χ4v) is 4.86. The van der Waals surface area contributed by atoms with Crippen LogP contribution >= 0.6 is 0 Å². The van der Waals surface area contributed by atoms with Crippen molar-refractivity contribution in [3.63, 3.8) is 0 Å². The molecule has 0 bridgehead atoms. The van der Waals surface area contributed by atoms with E-state index in [0.717, 1.165) is 10.9 Å². The fraction of sp³-hybridized carbons (Fsp3) is 0.190. The lowest BCUT2D eigenvalue weighted by atomic mass is 10.0. The van der Waals surface area contributed by atoms with E-state index in [1.165, 1.54) is 31.5 Å². The number of carboxylic acid groups (broad SMARTS) is 1. The van der Waals surface area contributed by atoms with Crippen molar-refractivity contribution in [3.05, 3.63) is 71.4 Å². The van der Waals surface area contributed by atoms with Crippen molar-refractivity contribution < 1.29 is 33.1 Å². The number of carbonyl (C=O) groups excluding carboxylic acids is 1. The largest absolute Gasteiger partial charge is 0.496 e. The molecule has 0 aliphatic rings. The number of benzene rings is 2. The van der Waals surface area contributed by atoms with Gasteiger partial charge < -0.3 is 9.84 Å². The molecule has 0 radical (unpaired) electrons. The van der Waals surface area contributed by atoms with Crippen molar-refractivity contribution in [2.24, 2.45) is 0 Å². The SMILES string of the molecule is COc1ccc([C@@H](CS(=O)(=O)Cc2cnc3ccccc3c2)N(O)C=O)cc1C(=O)O.